The third-order valence-electron chi connectivity index (χ3n) is 3.14. The number of benzene rings is 1. The number of hydrogen-bond donors (Lipinski definition) is 1. The summed E-state index contributed by atoms with van der Waals surface area (Å²) in [7, 11) is 0. The standard InChI is InChI=1S/C14H21NO/c1-10-6-7-14-12(8-10)9-13(16-14)5-3-4-11(2)15/h6-8,11,13H,3-5,9,15H2,1-2H3. The molecule has 0 saturated carbocycles. The van der Waals surface area contributed by atoms with Crippen molar-refractivity contribution in [3.63, 3.8) is 0 Å². The molecule has 1 aliphatic heterocycles. The summed E-state index contributed by atoms with van der Waals surface area (Å²) in [5.41, 5.74) is 8.42. The highest BCUT2D eigenvalue weighted by molar-refractivity contribution is 5.40. The smallest absolute Gasteiger partial charge is 0.123 e. The van der Waals surface area contributed by atoms with Crippen LogP contribution in [-0.4, -0.2) is 12.1 Å². The van der Waals surface area contributed by atoms with Crippen molar-refractivity contribution in [1.82, 2.24) is 0 Å². The Balaban J connectivity index is 1.86. The van der Waals surface area contributed by atoms with E-state index in [9.17, 15) is 0 Å². The molecule has 0 saturated heterocycles. The number of ether oxygens (including phenoxy) is 1. The summed E-state index contributed by atoms with van der Waals surface area (Å²) in [6.07, 6.45) is 4.81. The van der Waals surface area contributed by atoms with Gasteiger partial charge in [-0.25, -0.2) is 0 Å². The molecule has 2 heteroatoms. The Labute approximate surface area is 97.8 Å². The summed E-state index contributed by atoms with van der Waals surface area (Å²) in [4.78, 5) is 0. The Morgan fingerprint density at radius 1 is 1.50 bits per heavy atom. The minimum atomic E-state index is 0.311. The molecule has 0 amide bonds. The largest absolute Gasteiger partial charge is 0.490 e. The lowest BCUT2D eigenvalue weighted by Crippen LogP contribution is -2.17. The van der Waals surface area contributed by atoms with Crippen molar-refractivity contribution in [1.29, 1.82) is 0 Å². The van der Waals surface area contributed by atoms with Gasteiger partial charge in [0.25, 0.3) is 0 Å². The molecule has 0 aliphatic carbocycles. The first kappa shape index (κ1) is 11.5. The second kappa shape index (κ2) is 4.88. The molecule has 88 valence electrons. The van der Waals surface area contributed by atoms with E-state index in [0.29, 0.717) is 12.1 Å². The molecule has 0 bridgehead atoms. The van der Waals surface area contributed by atoms with Crippen molar-refractivity contribution in [3.05, 3.63) is 29.3 Å². The third kappa shape index (κ3) is 2.76. The van der Waals surface area contributed by atoms with Crippen LogP contribution in [0.3, 0.4) is 0 Å². The second-order valence-electron chi connectivity index (χ2n) is 4.96. The molecule has 2 rings (SSSR count). The predicted octanol–water partition coefficient (Wildman–Crippen LogP) is 2.82. The lowest BCUT2D eigenvalue weighted by molar-refractivity contribution is 0.216. The molecule has 2 atom stereocenters. The Bertz CT molecular complexity index is 360. The van der Waals surface area contributed by atoms with Gasteiger partial charge < -0.3 is 10.5 Å². The highest BCUT2D eigenvalue weighted by atomic mass is 16.5. The molecule has 1 aromatic rings. The van der Waals surface area contributed by atoms with Crippen molar-refractivity contribution < 1.29 is 4.74 Å². The summed E-state index contributed by atoms with van der Waals surface area (Å²) in [6.45, 7) is 4.19. The van der Waals surface area contributed by atoms with Crippen LogP contribution < -0.4 is 10.5 Å². The van der Waals surface area contributed by atoms with Crippen LogP contribution in [0.4, 0.5) is 0 Å². The SMILES string of the molecule is Cc1ccc2c(c1)CC(CCCC(C)N)O2. The van der Waals surface area contributed by atoms with Crippen molar-refractivity contribution in [2.75, 3.05) is 0 Å². The fraction of sp³-hybridized carbons (Fsp3) is 0.571. The number of fused-ring (bicyclic) bond motifs is 1. The summed E-state index contributed by atoms with van der Waals surface area (Å²) in [5, 5.41) is 0. The molecule has 0 spiro atoms. The third-order valence-corrected chi connectivity index (χ3v) is 3.14. The maximum atomic E-state index is 5.90. The molecular weight excluding hydrogens is 198 g/mol. The van der Waals surface area contributed by atoms with Gasteiger partial charge in [0.1, 0.15) is 11.9 Å². The average Bonchev–Trinajstić information content (AvgIpc) is 2.58. The Hall–Kier alpha value is -1.02. The molecule has 16 heavy (non-hydrogen) atoms. The van der Waals surface area contributed by atoms with E-state index in [-0.39, 0.29) is 0 Å². The van der Waals surface area contributed by atoms with Crippen molar-refractivity contribution in [2.24, 2.45) is 5.73 Å². The van der Waals surface area contributed by atoms with Crippen LogP contribution in [0.25, 0.3) is 0 Å². The van der Waals surface area contributed by atoms with Crippen LogP contribution in [0.15, 0.2) is 18.2 Å². The van der Waals surface area contributed by atoms with E-state index in [1.165, 1.54) is 11.1 Å². The molecular formula is C14H21NO. The maximum Gasteiger partial charge on any atom is 0.123 e. The van der Waals surface area contributed by atoms with E-state index in [1.807, 2.05) is 0 Å². The van der Waals surface area contributed by atoms with Crippen LogP contribution in [0.2, 0.25) is 0 Å². The zero-order valence-electron chi connectivity index (χ0n) is 10.2. The van der Waals surface area contributed by atoms with E-state index >= 15 is 0 Å². The fourth-order valence-electron chi connectivity index (χ4n) is 2.28. The molecule has 2 N–H and O–H groups in total. The van der Waals surface area contributed by atoms with Crippen molar-refractivity contribution >= 4 is 0 Å². The average molecular weight is 219 g/mol. The molecule has 0 aromatic heterocycles. The minimum Gasteiger partial charge on any atom is -0.490 e. The van der Waals surface area contributed by atoms with Crippen LogP contribution in [-0.2, 0) is 6.42 Å². The van der Waals surface area contributed by atoms with Gasteiger partial charge >= 0.3 is 0 Å². The maximum absolute atomic E-state index is 5.90. The molecule has 2 unspecified atom stereocenters. The van der Waals surface area contributed by atoms with E-state index < -0.39 is 0 Å². The Morgan fingerprint density at radius 2 is 2.31 bits per heavy atom. The Morgan fingerprint density at radius 3 is 3.06 bits per heavy atom. The van der Waals surface area contributed by atoms with E-state index in [2.05, 4.69) is 32.0 Å². The van der Waals surface area contributed by atoms with Gasteiger partial charge in [-0.1, -0.05) is 17.7 Å². The summed E-state index contributed by atoms with van der Waals surface area (Å²) in [6, 6.07) is 6.76. The van der Waals surface area contributed by atoms with Gasteiger partial charge in [-0.05, 0) is 44.7 Å². The van der Waals surface area contributed by atoms with Crippen LogP contribution in [0.5, 0.6) is 5.75 Å². The first-order valence-electron chi connectivity index (χ1n) is 6.17. The zero-order valence-corrected chi connectivity index (χ0v) is 10.2. The van der Waals surface area contributed by atoms with E-state index in [1.54, 1.807) is 0 Å². The summed E-state index contributed by atoms with van der Waals surface area (Å²) < 4.78 is 5.90. The topological polar surface area (TPSA) is 35.2 Å². The molecule has 2 nitrogen and oxygen atoms in total. The van der Waals surface area contributed by atoms with Crippen LogP contribution in [0.1, 0.15) is 37.3 Å². The number of aryl methyl sites for hydroxylation is 1. The summed E-state index contributed by atoms with van der Waals surface area (Å²) in [5.74, 6) is 1.08. The normalized spacial score (nSPS) is 20.3. The predicted molar refractivity (Wildman–Crippen MR) is 66.8 cm³/mol. The molecule has 0 fully saturated rings. The molecule has 1 aliphatic rings. The van der Waals surface area contributed by atoms with Gasteiger partial charge in [-0.2, -0.15) is 0 Å². The van der Waals surface area contributed by atoms with Gasteiger partial charge in [-0.15, -0.1) is 0 Å². The molecule has 1 heterocycles. The number of nitrogens with two attached hydrogens (primary N) is 1. The quantitative estimate of drug-likeness (QED) is 0.845. The van der Waals surface area contributed by atoms with Crippen LogP contribution >= 0.6 is 0 Å². The molecule has 1 aromatic carbocycles. The fourth-order valence-corrected chi connectivity index (χ4v) is 2.28. The highest BCUT2D eigenvalue weighted by Gasteiger charge is 2.22. The van der Waals surface area contributed by atoms with Crippen molar-refractivity contribution in [3.8, 4) is 5.75 Å². The lowest BCUT2D eigenvalue weighted by atomic mass is 10.0. The summed E-state index contributed by atoms with van der Waals surface area (Å²) >= 11 is 0. The second-order valence-corrected chi connectivity index (χ2v) is 4.96. The van der Waals surface area contributed by atoms with Gasteiger partial charge in [0, 0.05) is 12.5 Å². The first-order valence-corrected chi connectivity index (χ1v) is 6.17. The van der Waals surface area contributed by atoms with Crippen LogP contribution in [0, 0.1) is 6.92 Å². The molecule has 0 radical (unpaired) electrons. The van der Waals surface area contributed by atoms with E-state index in [0.717, 1.165) is 31.4 Å². The van der Waals surface area contributed by atoms with Gasteiger partial charge in [0.05, 0.1) is 0 Å². The van der Waals surface area contributed by atoms with Crippen molar-refractivity contribution in [2.45, 2.75) is 51.7 Å². The van der Waals surface area contributed by atoms with E-state index in [4.69, 9.17) is 10.5 Å². The first-order chi connectivity index (χ1) is 7.65. The van der Waals surface area contributed by atoms with Gasteiger partial charge in [-0.3, -0.25) is 0 Å². The zero-order chi connectivity index (χ0) is 11.5. The number of hydrogen-bond acceptors (Lipinski definition) is 2. The monoisotopic (exact) mass is 219 g/mol. The Kier molecular flexibility index (Phi) is 3.49. The van der Waals surface area contributed by atoms with Gasteiger partial charge in [0.15, 0.2) is 0 Å². The lowest BCUT2D eigenvalue weighted by Gasteiger charge is -2.11. The van der Waals surface area contributed by atoms with Gasteiger partial charge in [0.2, 0.25) is 0 Å². The number of rotatable bonds is 4. The minimum absolute atomic E-state index is 0.311. The highest BCUT2D eigenvalue weighted by Crippen LogP contribution is 2.31.